The van der Waals surface area contributed by atoms with E-state index in [1.165, 1.54) is 11.8 Å². The fourth-order valence-electron chi connectivity index (χ4n) is 2.05. The fourth-order valence-corrected chi connectivity index (χ4v) is 2.77. The molecule has 1 N–H and O–H groups in total. The lowest BCUT2D eigenvalue weighted by Gasteiger charge is -2.22. The Morgan fingerprint density at radius 3 is 2.68 bits per heavy atom. The van der Waals surface area contributed by atoms with Gasteiger partial charge in [0.2, 0.25) is 0 Å². The highest BCUT2D eigenvalue weighted by Gasteiger charge is 2.43. The maximum atomic E-state index is 11.8. The second-order valence-electron chi connectivity index (χ2n) is 5.40. The maximum absolute atomic E-state index is 11.8. The second-order valence-corrected chi connectivity index (χ2v) is 6.45. The van der Waals surface area contributed by atoms with Crippen LogP contribution in [0.15, 0.2) is 35.2 Å². The molecule has 1 aliphatic carbocycles. The van der Waals surface area contributed by atoms with Crippen molar-refractivity contribution in [1.29, 1.82) is 5.26 Å². The van der Waals surface area contributed by atoms with Crippen LogP contribution in [-0.4, -0.2) is 29.8 Å². The van der Waals surface area contributed by atoms with Gasteiger partial charge in [-0.25, -0.2) is 0 Å². The molecule has 0 radical (unpaired) electrons. The largest absolute Gasteiger partial charge is 0.455 e. The fraction of sp³-hybridized carbons (Fsp3) is 0.438. The molecule has 0 aromatic heterocycles. The minimum absolute atomic E-state index is 0.148. The van der Waals surface area contributed by atoms with E-state index in [0.29, 0.717) is 0 Å². The zero-order valence-electron chi connectivity index (χ0n) is 12.4. The zero-order chi connectivity index (χ0) is 16.0. The van der Waals surface area contributed by atoms with Crippen molar-refractivity contribution >= 4 is 23.6 Å². The number of carbonyl (C=O) groups excluding carboxylic acids is 2. The van der Waals surface area contributed by atoms with Gasteiger partial charge < -0.3 is 10.1 Å². The number of nitriles is 1. The standard InChI is InChI=1S/C16H18N2O3S/c1-16(11-17,12-7-8-12)18-14(19)9-21-15(20)10-22-13-5-3-2-4-6-13/h2-6,12H,7-10H2,1H3,(H,18,19)/t16-/m0/s1. The van der Waals surface area contributed by atoms with Gasteiger partial charge in [0.05, 0.1) is 11.8 Å². The van der Waals surface area contributed by atoms with E-state index in [-0.39, 0.29) is 18.3 Å². The van der Waals surface area contributed by atoms with Gasteiger partial charge in [-0.3, -0.25) is 9.59 Å². The highest BCUT2D eigenvalue weighted by Crippen LogP contribution is 2.39. The first-order valence-electron chi connectivity index (χ1n) is 7.09. The molecular weight excluding hydrogens is 300 g/mol. The lowest BCUT2D eigenvalue weighted by molar-refractivity contribution is -0.146. The molecule has 0 unspecified atom stereocenters. The summed E-state index contributed by atoms with van der Waals surface area (Å²) >= 11 is 1.35. The Labute approximate surface area is 134 Å². The first-order valence-corrected chi connectivity index (χ1v) is 8.08. The third-order valence-corrected chi connectivity index (χ3v) is 4.47. The molecule has 0 bridgehead atoms. The minimum atomic E-state index is -0.859. The topological polar surface area (TPSA) is 79.2 Å². The number of thioether (sulfide) groups is 1. The van der Waals surface area contributed by atoms with Crippen molar-refractivity contribution in [2.45, 2.75) is 30.2 Å². The summed E-state index contributed by atoms with van der Waals surface area (Å²) in [7, 11) is 0. The maximum Gasteiger partial charge on any atom is 0.316 e. The third kappa shape index (κ3) is 4.78. The third-order valence-electron chi connectivity index (χ3n) is 3.49. The van der Waals surface area contributed by atoms with Crippen molar-refractivity contribution < 1.29 is 14.3 Å². The number of esters is 1. The molecule has 1 aromatic carbocycles. The Balaban J connectivity index is 1.69. The van der Waals surface area contributed by atoms with Gasteiger partial charge in [-0.15, -0.1) is 11.8 Å². The van der Waals surface area contributed by atoms with Gasteiger partial charge in [-0.05, 0) is 37.8 Å². The van der Waals surface area contributed by atoms with Crippen molar-refractivity contribution in [3.05, 3.63) is 30.3 Å². The van der Waals surface area contributed by atoms with E-state index < -0.39 is 17.4 Å². The Kier molecular flexibility index (Phi) is 5.45. The van der Waals surface area contributed by atoms with Crippen LogP contribution in [0, 0.1) is 17.2 Å². The zero-order valence-corrected chi connectivity index (χ0v) is 13.2. The molecule has 0 spiro atoms. The Bertz CT molecular complexity index is 581. The highest BCUT2D eigenvalue weighted by molar-refractivity contribution is 8.00. The molecular formula is C16H18N2O3S. The molecule has 1 aromatic rings. The number of benzene rings is 1. The van der Waals surface area contributed by atoms with Crippen LogP contribution in [0.5, 0.6) is 0 Å². The van der Waals surface area contributed by atoms with E-state index in [1.54, 1.807) is 6.92 Å². The van der Waals surface area contributed by atoms with Crippen molar-refractivity contribution in [3.63, 3.8) is 0 Å². The van der Waals surface area contributed by atoms with Crippen LogP contribution in [-0.2, 0) is 14.3 Å². The number of nitrogens with zero attached hydrogens (tertiary/aromatic N) is 1. The number of hydrogen-bond acceptors (Lipinski definition) is 5. The molecule has 116 valence electrons. The molecule has 0 heterocycles. The van der Waals surface area contributed by atoms with E-state index in [9.17, 15) is 9.59 Å². The lowest BCUT2D eigenvalue weighted by Crippen LogP contribution is -2.48. The Morgan fingerprint density at radius 2 is 2.09 bits per heavy atom. The smallest absolute Gasteiger partial charge is 0.316 e. The van der Waals surface area contributed by atoms with Gasteiger partial charge in [-0.2, -0.15) is 5.26 Å². The monoisotopic (exact) mass is 318 g/mol. The van der Waals surface area contributed by atoms with Gasteiger partial charge in [0, 0.05) is 4.90 Å². The van der Waals surface area contributed by atoms with E-state index >= 15 is 0 Å². The molecule has 0 aliphatic heterocycles. The van der Waals surface area contributed by atoms with Crippen molar-refractivity contribution in [3.8, 4) is 6.07 Å². The summed E-state index contributed by atoms with van der Waals surface area (Å²) in [6.45, 7) is 1.35. The molecule has 1 atom stereocenters. The summed E-state index contributed by atoms with van der Waals surface area (Å²) in [6, 6.07) is 11.6. The lowest BCUT2D eigenvalue weighted by atomic mass is 9.98. The number of carbonyl (C=O) groups is 2. The first kappa shape index (κ1) is 16.4. The normalized spacial score (nSPS) is 16.2. The van der Waals surface area contributed by atoms with E-state index in [2.05, 4.69) is 11.4 Å². The molecule has 1 amide bonds. The number of ether oxygens (including phenoxy) is 1. The van der Waals surface area contributed by atoms with E-state index in [0.717, 1.165) is 17.7 Å². The van der Waals surface area contributed by atoms with Gasteiger partial charge >= 0.3 is 5.97 Å². The quantitative estimate of drug-likeness (QED) is 0.615. The molecule has 5 nitrogen and oxygen atoms in total. The summed E-state index contributed by atoms with van der Waals surface area (Å²) in [6.07, 6.45) is 1.88. The van der Waals surface area contributed by atoms with Gasteiger partial charge in [0.15, 0.2) is 6.61 Å². The molecule has 22 heavy (non-hydrogen) atoms. The molecule has 1 saturated carbocycles. The van der Waals surface area contributed by atoms with Crippen LogP contribution in [0.25, 0.3) is 0 Å². The number of hydrogen-bond donors (Lipinski definition) is 1. The second kappa shape index (κ2) is 7.32. The van der Waals surface area contributed by atoms with Crippen LogP contribution in [0.4, 0.5) is 0 Å². The summed E-state index contributed by atoms with van der Waals surface area (Å²) in [5.41, 5.74) is -0.859. The van der Waals surface area contributed by atoms with Crippen LogP contribution in [0.1, 0.15) is 19.8 Å². The molecule has 2 rings (SSSR count). The molecule has 0 saturated heterocycles. The average Bonchev–Trinajstić information content (AvgIpc) is 3.37. The van der Waals surface area contributed by atoms with Gasteiger partial charge in [0.25, 0.3) is 5.91 Å². The number of nitrogens with one attached hydrogen (secondary N) is 1. The summed E-state index contributed by atoms with van der Waals surface area (Å²) in [5, 5.41) is 11.8. The van der Waals surface area contributed by atoms with E-state index in [4.69, 9.17) is 10.00 Å². The molecule has 6 heteroatoms. The van der Waals surface area contributed by atoms with Gasteiger partial charge in [-0.1, -0.05) is 18.2 Å². The van der Waals surface area contributed by atoms with Crippen molar-refractivity contribution in [2.75, 3.05) is 12.4 Å². The summed E-state index contributed by atoms with van der Waals surface area (Å²) < 4.78 is 4.93. The Hall–Kier alpha value is -2.00. The predicted molar refractivity (Wildman–Crippen MR) is 83.0 cm³/mol. The van der Waals surface area contributed by atoms with E-state index in [1.807, 2.05) is 30.3 Å². The predicted octanol–water partition coefficient (Wildman–Crippen LogP) is 2.13. The van der Waals surface area contributed by atoms with Crippen LogP contribution < -0.4 is 5.32 Å². The van der Waals surface area contributed by atoms with Crippen molar-refractivity contribution in [1.82, 2.24) is 5.32 Å². The minimum Gasteiger partial charge on any atom is -0.455 e. The SMILES string of the molecule is C[C@@](C#N)(NC(=O)COC(=O)CSc1ccccc1)C1CC1. The van der Waals surface area contributed by atoms with Crippen LogP contribution in [0.3, 0.4) is 0 Å². The number of amides is 1. The molecule has 1 fully saturated rings. The van der Waals surface area contributed by atoms with Crippen LogP contribution in [0.2, 0.25) is 0 Å². The molecule has 1 aliphatic rings. The summed E-state index contributed by atoms with van der Waals surface area (Å²) in [5.74, 6) is -0.538. The Morgan fingerprint density at radius 1 is 1.41 bits per heavy atom. The number of rotatable bonds is 7. The summed E-state index contributed by atoms with van der Waals surface area (Å²) in [4.78, 5) is 24.4. The average molecular weight is 318 g/mol. The van der Waals surface area contributed by atoms with Crippen LogP contribution >= 0.6 is 11.8 Å². The van der Waals surface area contributed by atoms with Gasteiger partial charge in [0.1, 0.15) is 5.54 Å². The highest BCUT2D eigenvalue weighted by atomic mass is 32.2. The first-order chi connectivity index (χ1) is 10.5. The van der Waals surface area contributed by atoms with Crippen molar-refractivity contribution in [2.24, 2.45) is 5.92 Å².